The maximum atomic E-state index is 10.7. The van der Waals surface area contributed by atoms with Crippen LogP contribution < -0.4 is 0 Å². The topological polar surface area (TPSA) is 53.1 Å². The molecule has 2 rings (SSSR count). The van der Waals surface area contributed by atoms with E-state index in [2.05, 4.69) is 11.1 Å². The molecule has 3 nitrogen and oxygen atoms in total. The van der Waals surface area contributed by atoms with Gasteiger partial charge < -0.3 is 10.1 Å². The van der Waals surface area contributed by atoms with Gasteiger partial charge in [-0.25, -0.2) is 0 Å². The van der Waals surface area contributed by atoms with Crippen LogP contribution in [-0.4, -0.2) is 23.5 Å². The second-order valence-electron chi connectivity index (χ2n) is 3.33. The molecule has 0 aliphatic carbocycles. The van der Waals surface area contributed by atoms with Crippen molar-refractivity contribution in [1.29, 1.82) is 0 Å². The van der Waals surface area contributed by atoms with Gasteiger partial charge in [0, 0.05) is 18.0 Å². The Labute approximate surface area is 102 Å². The third kappa shape index (κ3) is 3.43. The molecule has 17 heavy (non-hydrogen) atoms. The fourth-order valence-corrected chi connectivity index (χ4v) is 1.58. The molecular formula is C14H21NO2. The van der Waals surface area contributed by atoms with Crippen LogP contribution in [0.5, 0.6) is 0 Å². The van der Waals surface area contributed by atoms with Gasteiger partial charge >= 0.3 is 0 Å². The van der Waals surface area contributed by atoms with E-state index in [0.29, 0.717) is 5.69 Å². The van der Waals surface area contributed by atoms with Gasteiger partial charge in [0.25, 0.3) is 0 Å². The summed E-state index contributed by atoms with van der Waals surface area (Å²) in [5.41, 5.74) is 3.96. The quantitative estimate of drug-likeness (QED) is 0.745. The minimum Gasteiger partial charge on any atom is -0.400 e. The Hall–Kier alpha value is -1.61. The highest BCUT2D eigenvalue weighted by Gasteiger charge is 2.05. The zero-order chi connectivity index (χ0) is 13.4. The summed E-state index contributed by atoms with van der Waals surface area (Å²) in [6, 6.07) is 6.13. The van der Waals surface area contributed by atoms with Crippen molar-refractivity contribution < 1.29 is 9.90 Å². The second kappa shape index (κ2) is 7.63. The monoisotopic (exact) mass is 235 g/mol. The highest BCUT2D eigenvalue weighted by Crippen LogP contribution is 2.21. The number of aldehydes is 1. The van der Waals surface area contributed by atoms with Crippen molar-refractivity contribution >= 4 is 17.2 Å². The molecule has 1 aromatic carbocycles. The molecule has 0 saturated heterocycles. The van der Waals surface area contributed by atoms with Crippen LogP contribution in [0.2, 0.25) is 0 Å². The van der Waals surface area contributed by atoms with Crippen molar-refractivity contribution in [2.24, 2.45) is 0 Å². The first-order chi connectivity index (χ1) is 8.22. The average molecular weight is 235 g/mol. The lowest BCUT2D eigenvalue weighted by Gasteiger charge is -1.93. The molecule has 0 spiro atoms. The first kappa shape index (κ1) is 15.4. The number of aliphatic hydroxyl groups is 1. The van der Waals surface area contributed by atoms with E-state index in [1.54, 1.807) is 0 Å². The van der Waals surface area contributed by atoms with Crippen molar-refractivity contribution in [3.63, 3.8) is 0 Å². The van der Waals surface area contributed by atoms with Crippen molar-refractivity contribution in [3.05, 3.63) is 35.0 Å². The molecule has 0 bridgehead atoms. The van der Waals surface area contributed by atoms with Gasteiger partial charge in [-0.15, -0.1) is 0 Å². The zero-order valence-corrected chi connectivity index (χ0v) is 11.2. The molecule has 1 aromatic heterocycles. The van der Waals surface area contributed by atoms with Crippen LogP contribution in [0, 0.1) is 13.8 Å². The van der Waals surface area contributed by atoms with Gasteiger partial charge in [-0.3, -0.25) is 4.79 Å². The van der Waals surface area contributed by atoms with Crippen LogP contribution >= 0.6 is 0 Å². The van der Waals surface area contributed by atoms with Gasteiger partial charge in [0.15, 0.2) is 6.29 Å². The Morgan fingerprint density at radius 2 is 1.76 bits per heavy atom. The minimum absolute atomic E-state index is 0.681. The molecule has 2 aromatic rings. The number of hydrogen-bond acceptors (Lipinski definition) is 2. The second-order valence-corrected chi connectivity index (χ2v) is 3.33. The number of aryl methyl sites for hydroxylation is 2. The number of aromatic nitrogens is 1. The molecule has 0 aliphatic heterocycles. The predicted molar refractivity (Wildman–Crippen MR) is 72.7 cm³/mol. The summed E-state index contributed by atoms with van der Waals surface area (Å²) in [5.74, 6) is 0. The number of H-pyrrole nitrogens is 1. The fraction of sp³-hybridized carbons (Fsp3) is 0.357. The highest BCUT2D eigenvalue weighted by atomic mass is 16.2. The Kier molecular flexibility index (Phi) is 6.91. The number of aliphatic hydroxyl groups excluding tert-OH is 1. The normalized spacial score (nSPS) is 8.82. The molecule has 0 fully saturated rings. The summed E-state index contributed by atoms with van der Waals surface area (Å²) < 4.78 is 0. The number of hydrogen-bond donors (Lipinski definition) is 2. The SMILES string of the molecule is CC.CO.Cc1ccc2[nH]c(C=O)c(C)c2c1. The van der Waals surface area contributed by atoms with Crippen LogP contribution in [-0.2, 0) is 0 Å². The van der Waals surface area contributed by atoms with Crippen LogP contribution in [0.15, 0.2) is 18.2 Å². The standard InChI is InChI=1S/C11H11NO.C2H6.CH4O/c1-7-3-4-10-9(5-7)8(2)11(6-13)12-10;2*1-2/h3-6,12H,1-2H3;1-2H3;2H,1H3. The Morgan fingerprint density at radius 3 is 2.29 bits per heavy atom. The van der Waals surface area contributed by atoms with E-state index in [9.17, 15) is 4.79 Å². The number of fused-ring (bicyclic) bond motifs is 1. The van der Waals surface area contributed by atoms with Crippen molar-refractivity contribution in [2.75, 3.05) is 7.11 Å². The molecule has 0 radical (unpaired) electrons. The molecule has 2 N–H and O–H groups in total. The van der Waals surface area contributed by atoms with Crippen LogP contribution in [0.1, 0.15) is 35.5 Å². The first-order valence-corrected chi connectivity index (χ1v) is 5.71. The predicted octanol–water partition coefficient (Wildman–Crippen LogP) is 3.23. The Morgan fingerprint density at radius 1 is 1.18 bits per heavy atom. The molecule has 0 unspecified atom stereocenters. The van der Waals surface area contributed by atoms with Gasteiger partial charge in [-0.05, 0) is 31.5 Å². The summed E-state index contributed by atoms with van der Waals surface area (Å²) in [5, 5.41) is 8.14. The lowest BCUT2D eigenvalue weighted by Crippen LogP contribution is -1.80. The van der Waals surface area contributed by atoms with Crippen molar-refractivity contribution in [2.45, 2.75) is 27.7 Å². The number of carbonyl (C=O) groups is 1. The number of nitrogens with one attached hydrogen (secondary N) is 1. The van der Waals surface area contributed by atoms with E-state index < -0.39 is 0 Å². The number of aromatic amines is 1. The summed E-state index contributed by atoms with van der Waals surface area (Å²) in [7, 11) is 1.00. The van der Waals surface area contributed by atoms with E-state index in [1.165, 1.54) is 5.56 Å². The summed E-state index contributed by atoms with van der Waals surface area (Å²) in [6.45, 7) is 8.01. The van der Waals surface area contributed by atoms with E-state index in [-0.39, 0.29) is 0 Å². The largest absolute Gasteiger partial charge is 0.400 e. The lowest BCUT2D eigenvalue weighted by molar-refractivity contribution is 0.111. The van der Waals surface area contributed by atoms with Crippen molar-refractivity contribution in [1.82, 2.24) is 4.98 Å². The molecule has 0 atom stereocenters. The molecule has 94 valence electrons. The summed E-state index contributed by atoms with van der Waals surface area (Å²) in [4.78, 5) is 13.7. The Bertz CT molecular complexity index is 472. The number of benzene rings is 1. The van der Waals surface area contributed by atoms with Gasteiger partial charge in [-0.2, -0.15) is 0 Å². The van der Waals surface area contributed by atoms with Gasteiger partial charge in [0.1, 0.15) is 0 Å². The smallest absolute Gasteiger partial charge is 0.166 e. The Balaban J connectivity index is 0.000000581. The molecule has 1 heterocycles. The van der Waals surface area contributed by atoms with Crippen LogP contribution in [0.4, 0.5) is 0 Å². The van der Waals surface area contributed by atoms with E-state index in [1.807, 2.05) is 39.8 Å². The summed E-state index contributed by atoms with van der Waals surface area (Å²) >= 11 is 0. The minimum atomic E-state index is 0.681. The van der Waals surface area contributed by atoms with Gasteiger partial charge in [0.05, 0.1) is 5.69 Å². The maximum Gasteiger partial charge on any atom is 0.166 e. The molecule has 3 heteroatoms. The lowest BCUT2D eigenvalue weighted by atomic mass is 10.1. The third-order valence-electron chi connectivity index (χ3n) is 2.37. The van der Waals surface area contributed by atoms with Gasteiger partial charge in [-0.1, -0.05) is 25.5 Å². The molecule has 0 saturated carbocycles. The zero-order valence-electron chi connectivity index (χ0n) is 11.2. The van der Waals surface area contributed by atoms with Crippen LogP contribution in [0.25, 0.3) is 10.9 Å². The fourth-order valence-electron chi connectivity index (χ4n) is 1.58. The molecular weight excluding hydrogens is 214 g/mol. The number of rotatable bonds is 1. The maximum absolute atomic E-state index is 10.7. The molecule has 0 amide bonds. The van der Waals surface area contributed by atoms with Crippen LogP contribution in [0.3, 0.4) is 0 Å². The van der Waals surface area contributed by atoms with E-state index >= 15 is 0 Å². The molecule has 0 aliphatic rings. The van der Waals surface area contributed by atoms with Crippen molar-refractivity contribution in [3.8, 4) is 0 Å². The number of carbonyl (C=O) groups excluding carboxylic acids is 1. The summed E-state index contributed by atoms with van der Waals surface area (Å²) in [6.07, 6.45) is 0.866. The van der Waals surface area contributed by atoms with Gasteiger partial charge in [0.2, 0.25) is 0 Å². The third-order valence-corrected chi connectivity index (χ3v) is 2.37. The highest BCUT2D eigenvalue weighted by molar-refractivity contribution is 5.92. The van der Waals surface area contributed by atoms with E-state index in [0.717, 1.165) is 29.9 Å². The average Bonchev–Trinajstić information content (AvgIpc) is 2.71. The van der Waals surface area contributed by atoms with E-state index in [4.69, 9.17) is 5.11 Å². The first-order valence-electron chi connectivity index (χ1n) is 5.71.